The smallest absolute Gasteiger partial charge is 0.191 e. The van der Waals surface area contributed by atoms with Crippen LogP contribution in [0.25, 0.3) is 0 Å². The average Bonchev–Trinajstić information content (AvgIpc) is 3.02. The number of guanidine groups is 1. The van der Waals surface area contributed by atoms with Gasteiger partial charge in [-0.25, -0.2) is 0 Å². The maximum atomic E-state index is 4.35. The molecule has 0 aliphatic heterocycles. The Kier molecular flexibility index (Phi) is 9.33. The van der Waals surface area contributed by atoms with E-state index in [1.807, 2.05) is 7.05 Å². The van der Waals surface area contributed by atoms with Crippen LogP contribution in [0.15, 0.2) is 22.5 Å². The highest BCUT2D eigenvalue weighted by molar-refractivity contribution is 7.10. The van der Waals surface area contributed by atoms with Crippen molar-refractivity contribution in [1.29, 1.82) is 0 Å². The largest absolute Gasteiger partial charge is 0.355 e. The number of hydrogen-bond acceptors (Lipinski definition) is 4. The second-order valence-electron chi connectivity index (χ2n) is 6.80. The zero-order valence-corrected chi connectivity index (χ0v) is 17.2. The topological polar surface area (TPSA) is 42.9 Å². The zero-order valence-electron chi connectivity index (χ0n) is 16.3. The standard InChI is InChI=1S/C18H35N5S/c1-14(2)23(15(3)4)11-10-20-18(19-5)21-13-16(22(6)7)17-9-8-12-24-17/h8-9,12,14-16H,10-11,13H2,1-7H3,(H2,19,20,21). The lowest BCUT2D eigenvalue weighted by atomic mass is 10.2. The molecule has 1 heterocycles. The lowest BCUT2D eigenvalue weighted by Crippen LogP contribution is -2.46. The minimum Gasteiger partial charge on any atom is -0.355 e. The summed E-state index contributed by atoms with van der Waals surface area (Å²) in [6.07, 6.45) is 0. The molecule has 0 radical (unpaired) electrons. The molecular formula is C18H35N5S. The van der Waals surface area contributed by atoms with Gasteiger partial charge in [-0.1, -0.05) is 6.07 Å². The predicted molar refractivity (Wildman–Crippen MR) is 107 cm³/mol. The van der Waals surface area contributed by atoms with Crippen molar-refractivity contribution in [1.82, 2.24) is 20.4 Å². The normalized spacial score (nSPS) is 14.0. The number of nitrogens with one attached hydrogen (secondary N) is 2. The fraction of sp³-hybridized carbons (Fsp3) is 0.722. The van der Waals surface area contributed by atoms with E-state index in [4.69, 9.17) is 0 Å². The van der Waals surface area contributed by atoms with E-state index < -0.39 is 0 Å². The summed E-state index contributed by atoms with van der Waals surface area (Å²) < 4.78 is 0. The van der Waals surface area contributed by atoms with Gasteiger partial charge in [-0.2, -0.15) is 0 Å². The Labute approximate surface area is 152 Å². The highest BCUT2D eigenvalue weighted by atomic mass is 32.1. The Hall–Kier alpha value is -1.11. The summed E-state index contributed by atoms with van der Waals surface area (Å²) in [7, 11) is 6.06. The Morgan fingerprint density at radius 3 is 2.29 bits per heavy atom. The van der Waals surface area contributed by atoms with Gasteiger partial charge in [0, 0.05) is 43.6 Å². The summed E-state index contributed by atoms with van der Waals surface area (Å²) in [5, 5.41) is 9.02. The number of likely N-dealkylation sites (N-methyl/N-ethyl adjacent to an activating group) is 1. The van der Waals surface area contributed by atoms with Crippen molar-refractivity contribution in [3.63, 3.8) is 0 Å². The minimum absolute atomic E-state index is 0.353. The molecule has 5 nitrogen and oxygen atoms in total. The second kappa shape index (κ2) is 10.7. The Balaban J connectivity index is 2.47. The number of rotatable bonds is 9. The maximum absolute atomic E-state index is 4.35. The summed E-state index contributed by atoms with van der Waals surface area (Å²) in [6.45, 7) is 11.7. The molecule has 1 aromatic heterocycles. The number of thiophene rings is 1. The second-order valence-corrected chi connectivity index (χ2v) is 7.78. The summed E-state index contributed by atoms with van der Waals surface area (Å²) in [4.78, 5) is 10.4. The maximum Gasteiger partial charge on any atom is 0.191 e. The molecule has 6 heteroatoms. The van der Waals surface area contributed by atoms with Crippen molar-refractivity contribution in [2.24, 2.45) is 4.99 Å². The van der Waals surface area contributed by atoms with Crippen molar-refractivity contribution in [3.05, 3.63) is 22.4 Å². The molecule has 138 valence electrons. The fourth-order valence-electron chi connectivity index (χ4n) is 2.85. The first-order valence-corrected chi connectivity index (χ1v) is 9.64. The van der Waals surface area contributed by atoms with Crippen molar-refractivity contribution in [3.8, 4) is 0 Å². The Morgan fingerprint density at radius 1 is 1.17 bits per heavy atom. The van der Waals surface area contributed by atoms with E-state index in [2.05, 4.69) is 84.7 Å². The molecular weight excluding hydrogens is 318 g/mol. The molecule has 0 bridgehead atoms. The quantitative estimate of drug-likeness (QED) is 0.529. The van der Waals surface area contributed by atoms with Gasteiger partial charge in [0.1, 0.15) is 0 Å². The molecule has 0 saturated carbocycles. The predicted octanol–water partition coefficient (Wildman–Crippen LogP) is 2.63. The van der Waals surface area contributed by atoms with E-state index in [-0.39, 0.29) is 0 Å². The highest BCUT2D eigenvalue weighted by Gasteiger charge is 2.16. The molecule has 0 spiro atoms. The van der Waals surface area contributed by atoms with Crippen LogP contribution >= 0.6 is 11.3 Å². The summed E-state index contributed by atoms with van der Waals surface area (Å²) in [5.41, 5.74) is 0. The van der Waals surface area contributed by atoms with Crippen LogP contribution in [0.2, 0.25) is 0 Å². The van der Waals surface area contributed by atoms with Gasteiger partial charge in [-0.15, -0.1) is 11.3 Å². The molecule has 1 aromatic rings. The highest BCUT2D eigenvalue weighted by Crippen LogP contribution is 2.22. The van der Waals surface area contributed by atoms with Gasteiger partial charge in [0.25, 0.3) is 0 Å². The third-order valence-electron chi connectivity index (χ3n) is 4.17. The fourth-order valence-corrected chi connectivity index (χ4v) is 3.77. The van der Waals surface area contributed by atoms with Crippen molar-refractivity contribution in [2.45, 2.75) is 45.8 Å². The average molecular weight is 354 g/mol. The third kappa shape index (κ3) is 6.79. The molecule has 0 amide bonds. The molecule has 1 atom stereocenters. The van der Waals surface area contributed by atoms with Crippen molar-refractivity contribution < 1.29 is 0 Å². The zero-order chi connectivity index (χ0) is 18.1. The van der Waals surface area contributed by atoms with E-state index in [9.17, 15) is 0 Å². The van der Waals surface area contributed by atoms with Gasteiger partial charge < -0.3 is 15.5 Å². The van der Waals surface area contributed by atoms with E-state index in [1.165, 1.54) is 4.88 Å². The molecule has 0 saturated heterocycles. The van der Waals surface area contributed by atoms with E-state index in [0.717, 1.165) is 25.6 Å². The van der Waals surface area contributed by atoms with Gasteiger partial charge >= 0.3 is 0 Å². The molecule has 0 aliphatic rings. The molecule has 2 N–H and O–H groups in total. The van der Waals surface area contributed by atoms with Crippen LogP contribution in [-0.2, 0) is 0 Å². The van der Waals surface area contributed by atoms with Crippen LogP contribution in [0, 0.1) is 0 Å². The monoisotopic (exact) mass is 353 g/mol. The van der Waals surface area contributed by atoms with E-state index in [0.29, 0.717) is 18.1 Å². The molecule has 0 aromatic carbocycles. The lowest BCUT2D eigenvalue weighted by Gasteiger charge is -2.31. The Morgan fingerprint density at radius 2 is 1.83 bits per heavy atom. The van der Waals surface area contributed by atoms with E-state index in [1.54, 1.807) is 11.3 Å². The molecule has 0 fully saturated rings. The van der Waals surface area contributed by atoms with Crippen LogP contribution in [-0.4, -0.2) is 68.6 Å². The van der Waals surface area contributed by atoms with Crippen LogP contribution in [0.4, 0.5) is 0 Å². The van der Waals surface area contributed by atoms with Gasteiger partial charge in [0.05, 0.1) is 6.04 Å². The first-order chi connectivity index (χ1) is 11.4. The number of aliphatic imine (C=N–C) groups is 1. The lowest BCUT2D eigenvalue weighted by molar-refractivity contribution is 0.178. The first kappa shape index (κ1) is 20.9. The SMILES string of the molecule is CN=C(NCCN(C(C)C)C(C)C)NCC(c1cccs1)N(C)C. The van der Waals surface area contributed by atoms with E-state index >= 15 is 0 Å². The van der Waals surface area contributed by atoms with Gasteiger partial charge in [0.15, 0.2) is 5.96 Å². The molecule has 1 unspecified atom stereocenters. The number of nitrogens with zero attached hydrogens (tertiary/aromatic N) is 3. The Bertz CT molecular complexity index is 460. The summed E-state index contributed by atoms with van der Waals surface area (Å²) in [6, 6.07) is 5.76. The molecule has 1 rings (SSSR count). The van der Waals surface area contributed by atoms with Gasteiger partial charge in [0.2, 0.25) is 0 Å². The third-order valence-corrected chi connectivity index (χ3v) is 5.14. The van der Waals surface area contributed by atoms with Crippen LogP contribution < -0.4 is 10.6 Å². The van der Waals surface area contributed by atoms with Crippen LogP contribution in [0.1, 0.15) is 38.6 Å². The van der Waals surface area contributed by atoms with Crippen LogP contribution in [0.3, 0.4) is 0 Å². The van der Waals surface area contributed by atoms with Crippen molar-refractivity contribution >= 4 is 17.3 Å². The first-order valence-electron chi connectivity index (χ1n) is 8.76. The van der Waals surface area contributed by atoms with Crippen molar-refractivity contribution in [2.75, 3.05) is 40.8 Å². The van der Waals surface area contributed by atoms with Crippen LogP contribution in [0.5, 0.6) is 0 Å². The van der Waals surface area contributed by atoms with Gasteiger partial charge in [-0.3, -0.25) is 9.89 Å². The summed E-state index contributed by atoms with van der Waals surface area (Å²) in [5.74, 6) is 0.867. The number of hydrogen-bond donors (Lipinski definition) is 2. The summed E-state index contributed by atoms with van der Waals surface area (Å²) >= 11 is 1.80. The molecule has 0 aliphatic carbocycles. The molecule has 24 heavy (non-hydrogen) atoms. The van der Waals surface area contributed by atoms with Gasteiger partial charge in [-0.05, 0) is 53.2 Å². The minimum atomic E-state index is 0.353.